The maximum absolute atomic E-state index is 9.73. The zero-order valence-electron chi connectivity index (χ0n) is 13.3. The van der Waals surface area contributed by atoms with Crippen LogP contribution in [-0.2, 0) is 7.05 Å². The van der Waals surface area contributed by atoms with Gasteiger partial charge in [-0.1, -0.05) is 11.6 Å². The minimum atomic E-state index is -0.738. The maximum Gasteiger partial charge on any atom is 0.244 e. The van der Waals surface area contributed by atoms with Crippen LogP contribution in [0.25, 0.3) is 22.1 Å². The Morgan fingerprint density at radius 2 is 2.09 bits per heavy atom. The van der Waals surface area contributed by atoms with Gasteiger partial charge in [0, 0.05) is 19.0 Å². The molecule has 0 aliphatic carbocycles. The van der Waals surface area contributed by atoms with Gasteiger partial charge in [0.1, 0.15) is 5.52 Å². The molecule has 0 radical (unpaired) electrons. The lowest BCUT2D eigenvalue weighted by molar-refractivity contribution is 0.0748. The monoisotopic (exact) mass is 334 g/mol. The molecule has 3 aromatic rings. The quantitative estimate of drug-likeness (QED) is 0.633. The zero-order valence-corrected chi connectivity index (χ0v) is 14.0. The normalized spacial score (nSPS) is 12.2. The summed E-state index contributed by atoms with van der Waals surface area (Å²) in [6.45, 7) is 4.07. The van der Waals surface area contributed by atoms with Gasteiger partial charge in [-0.3, -0.25) is 0 Å². The number of nitrogens with two attached hydrogens (primary N) is 1. The fourth-order valence-electron chi connectivity index (χ4n) is 2.44. The maximum atomic E-state index is 9.73. The predicted octanol–water partition coefficient (Wildman–Crippen LogP) is 2.33. The van der Waals surface area contributed by atoms with Crippen molar-refractivity contribution in [3.63, 3.8) is 0 Å². The topological polar surface area (TPSA) is 102 Å². The first-order valence-corrected chi connectivity index (χ1v) is 7.68. The van der Waals surface area contributed by atoms with Crippen molar-refractivity contribution in [3.05, 3.63) is 17.2 Å². The van der Waals surface area contributed by atoms with Crippen LogP contribution in [0.1, 0.15) is 20.3 Å². The highest BCUT2D eigenvalue weighted by atomic mass is 35.5. The first kappa shape index (κ1) is 15.8. The van der Waals surface area contributed by atoms with Crippen LogP contribution in [0.4, 0.5) is 11.6 Å². The number of rotatable bonds is 4. The number of hydrogen-bond acceptors (Lipinski definition) is 6. The Kier molecular flexibility index (Phi) is 3.77. The Bertz CT molecular complexity index is 883. The molecule has 0 fully saturated rings. The van der Waals surface area contributed by atoms with E-state index in [0.717, 1.165) is 10.9 Å². The predicted molar refractivity (Wildman–Crippen MR) is 92.6 cm³/mol. The first-order valence-electron chi connectivity index (χ1n) is 7.30. The largest absolute Gasteiger partial charge is 0.398 e. The molecule has 0 unspecified atom stereocenters. The van der Waals surface area contributed by atoms with Crippen molar-refractivity contribution in [1.82, 2.24) is 19.7 Å². The number of nitrogens with zero attached hydrogens (tertiary/aromatic N) is 4. The molecule has 0 bridgehead atoms. The van der Waals surface area contributed by atoms with Crippen LogP contribution in [-0.4, -0.2) is 37.0 Å². The number of nitrogens with one attached hydrogen (secondary N) is 1. The van der Waals surface area contributed by atoms with Crippen LogP contribution in [0.3, 0.4) is 0 Å². The third kappa shape index (κ3) is 3.02. The summed E-state index contributed by atoms with van der Waals surface area (Å²) >= 11 is 6.10. The Hall–Kier alpha value is -2.12. The number of aromatic nitrogens is 4. The number of hydrogen-bond donors (Lipinski definition) is 3. The number of aliphatic hydroxyl groups is 1. The number of aryl methyl sites for hydroxylation is 1. The van der Waals surface area contributed by atoms with Crippen molar-refractivity contribution in [2.24, 2.45) is 7.05 Å². The smallest absolute Gasteiger partial charge is 0.244 e. The number of nitrogen functional groups attached to an aromatic ring is 1. The Morgan fingerprint density at radius 1 is 1.35 bits per heavy atom. The third-order valence-corrected chi connectivity index (χ3v) is 4.06. The molecule has 0 saturated carbocycles. The Balaban J connectivity index is 2.00. The van der Waals surface area contributed by atoms with Crippen molar-refractivity contribution in [3.8, 4) is 0 Å². The van der Waals surface area contributed by atoms with Gasteiger partial charge in [-0.2, -0.15) is 4.98 Å². The van der Waals surface area contributed by atoms with Crippen molar-refractivity contribution in [2.45, 2.75) is 25.9 Å². The minimum absolute atomic E-state index is 0.423. The molecule has 0 atom stereocenters. The van der Waals surface area contributed by atoms with Gasteiger partial charge < -0.3 is 20.7 Å². The summed E-state index contributed by atoms with van der Waals surface area (Å²) in [7, 11) is 1.90. The standard InChI is InChI=1S/C15H19ClN6O/c1-15(2,23)4-5-18-14-19-13-12(20-21-14)8-6-10(17)9(16)7-11(8)22(13)3/h6-7,23H,4-5,17H2,1-3H3,(H,18,19,21). The summed E-state index contributed by atoms with van der Waals surface area (Å²) in [6.07, 6.45) is 0.579. The van der Waals surface area contributed by atoms with Crippen LogP contribution < -0.4 is 11.1 Å². The molecule has 0 aliphatic heterocycles. The average Bonchev–Trinajstić information content (AvgIpc) is 2.72. The van der Waals surface area contributed by atoms with Crippen LogP contribution in [0.2, 0.25) is 5.02 Å². The molecule has 0 aliphatic rings. The highest BCUT2D eigenvalue weighted by molar-refractivity contribution is 6.34. The van der Waals surface area contributed by atoms with E-state index in [4.69, 9.17) is 17.3 Å². The second-order valence-corrected chi connectivity index (χ2v) is 6.65. The van der Waals surface area contributed by atoms with E-state index in [9.17, 15) is 5.11 Å². The molecule has 1 aromatic carbocycles. The third-order valence-electron chi connectivity index (χ3n) is 3.74. The lowest BCUT2D eigenvalue weighted by Gasteiger charge is -2.16. The van der Waals surface area contributed by atoms with E-state index in [0.29, 0.717) is 40.8 Å². The summed E-state index contributed by atoms with van der Waals surface area (Å²) in [5.41, 5.74) is 7.91. The minimum Gasteiger partial charge on any atom is -0.398 e. The van der Waals surface area contributed by atoms with Gasteiger partial charge in [0.2, 0.25) is 5.95 Å². The molecule has 23 heavy (non-hydrogen) atoms. The van der Waals surface area contributed by atoms with Gasteiger partial charge in [-0.15, -0.1) is 10.2 Å². The van der Waals surface area contributed by atoms with Crippen molar-refractivity contribution in [2.75, 3.05) is 17.6 Å². The fraction of sp³-hybridized carbons (Fsp3) is 0.400. The number of benzene rings is 1. The van der Waals surface area contributed by atoms with E-state index in [2.05, 4.69) is 20.5 Å². The molecule has 2 heterocycles. The molecule has 0 amide bonds. The molecular weight excluding hydrogens is 316 g/mol. The lowest BCUT2D eigenvalue weighted by atomic mass is 10.1. The van der Waals surface area contributed by atoms with Gasteiger partial charge in [0.05, 0.1) is 21.8 Å². The van der Waals surface area contributed by atoms with Gasteiger partial charge in [-0.25, -0.2) is 0 Å². The summed E-state index contributed by atoms with van der Waals surface area (Å²) in [5.74, 6) is 0.423. The van der Waals surface area contributed by atoms with E-state index in [-0.39, 0.29) is 0 Å². The van der Waals surface area contributed by atoms with Gasteiger partial charge in [-0.05, 0) is 32.4 Å². The first-order chi connectivity index (χ1) is 10.8. The van der Waals surface area contributed by atoms with E-state index in [1.165, 1.54) is 0 Å². The van der Waals surface area contributed by atoms with Gasteiger partial charge in [0.15, 0.2) is 5.65 Å². The zero-order chi connectivity index (χ0) is 16.8. The second-order valence-electron chi connectivity index (χ2n) is 6.25. The van der Waals surface area contributed by atoms with Crippen molar-refractivity contribution >= 4 is 45.3 Å². The van der Waals surface area contributed by atoms with Crippen molar-refractivity contribution in [1.29, 1.82) is 0 Å². The van der Waals surface area contributed by atoms with E-state index >= 15 is 0 Å². The van der Waals surface area contributed by atoms with Crippen LogP contribution in [0.15, 0.2) is 12.1 Å². The lowest BCUT2D eigenvalue weighted by Crippen LogP contribution is -2.23. The van der Waals surface area contributed by atoms with Crippen LogP contribution in [0, 0.1) is 0 Å². The van der Waals surface area contributed by atoms with Crippen molar-refractivity contribution < 1.29 is 5.11 Å². The highest BCUT2D eigenvalue weighted by Crippen LogP contribution is 2.31. The molecule has 0 spiro atoms. The van der Waals surface area contributed by atoms with Crippen LogP contribution >= 0.6 is 11.6 Å². The van der Waals surface area contributed by atoms with E-state index in [1.807, 2.05) is 11.6 Å². The summed E-state index contributed by atoms with van der Waals surface area (Å²) in [5, 5.41) is 22.5. The van der Waals surface area contributed by atoms with E-state index < -0.39 is 5.60 Å². The molecule has 8 heteroatoms. The SMILES string of the molecule is Cn1c2cc(Cl)c(N)cc2c2nnc(NCCC(C)(C)O)nc21. The average molecular weight is 335 g/mol. The second kappa shape index (κ2) is 5.50. The summed E-state index contributed by atoms with van der Waals surface area (Å²) < 4.78 is 1.91. The summed E-state index contributed by atoms with van der Waals surface area (Å²) in [4.78, 5) is 4.50. The number of halogens is 1. The molecule has 4 N–H and O–H groups in total. The Morgan fingerprint density at radius 3 is 2.78 bits per heavy atom. The molecule has 0 saturated heterocycles. The number of fused-ring (bicyclic) bond motifs is 3. The molecule has 7 nitrogen and oxygen atoms in total. The molecular formula is C15H19ClN6O. The molecule has 122 valence electrons. The summed E-state index contributed by atoms with van der Waals surface area (Å²) in [6, 6.07) is 3.59. The molecule has 2 aromatic heterocycles. The van der Waals surface area contributed by atoms with Crippen LogP contribution in [0.5, 0.6) is 0 Å². The fourth-order valence-corrected chi connectivity index (χ4v) is 2.60. The Labute approximate surface area is 138 Å². The van der Waals surface area contributed by atoms with Gasteiger partial charge >= 0.3 is 0 Å². The van der Waals surface area contributed by atoms with E-state index in [1.54, 1.807) is 26.0 Å². The molecule has 3 rings (SSSR count). The van der Waals surface area contributed by atoms with Gasteiger partial charge in [0.25, 0.3) is 0 Å². The number of anilines is 2. The highest BCUT2D eigenvalue weighted by Gasteiger charge is 2.15.